The molecule has 0 aromatic heterocycles. The van der Waals surface area contributed by atoms with Gasteiger partial charge in [0.05, 0.1) is 12.3 Å². The van der Waals surface area contributed by atoms with E-state index in [1.54, 1.807) is 0 Å². The molecular weight excluding hydrogens is 435 g/mol. The second kappa shape index (κ2) is 11.9. The molecule has 0 spiro atoms. The Bertz CT molecular complexity index is 1010. The van der Waals surface area contributed by atoms with Crippen molar-refractivity contribution in [3.63, 3.8) is 0 Å². The van der Waals surface area contributed by atoms with Crippen LogP contribution in [-0.2, 0) is 19.3 Å². The van der Waals surface area contributed by atoms with Crippen LogP contribution < -0.4 is 10.5 Å². The number of benzene rings is 1. The Labute approximate surface area is 212 Å². The highest BCUT2D eigenvalue weighted by molar-refractivity contribution is 5.80. The number of aryl methyl sites for hydroxylation is 1. The highest BCUT2D eigenvalue weighted by atomic mass is 19.1. The molecule has 1 aliphatic carbocycles. The van der Waals surface area contributed by atoms with Crippen LogP contribution in [-0.4, -0.2) is 19.1 Å². The molecule has 4 rings (SSSR count). The van der Waals surface area contributed by atoms with Crippen molar-refractivity contribution in [2.75, 3.05) is 13.2 Å². The van der Waals surface area contributed by atoms with Gasteiger partial charge in [0, 0.05) is 12.3 Å². The van der Waals surface area contributed by atoms with E-state index in [0.29, 0.717) is 18.4 Å². The maximum Gasteiger partial charge on any atom is 0.192 e. The lowest BCUT2D eigenvalue weighted by atomic mass is 9.75. The molecule has 4 heteroatoms. The number of nitrogens with zero attached hydrogens (tertiary/aromatic N) is 1. The zero-order valence-corrected chi connectivity index (χ0v) is 22.4. The van der Waals surface area contributed by atoms with E-state index < -0.39 is 0 Å². The van der Waals surface area contributed by atoms with Crippen LogP contribution in [0.3, 0.4) is 0 Å². The Kier molecular flexibility index (Phi) is 8.86. The number of halogens is 1. The third kappa shape index (κ3) is 5.90. The Morgan fingerprint density at radius 1 is 1.11 bits per heavy atom. The first kappa shape index (κ1) is 26.1. The Hall–Kier alpha value is -1.94. The summed E-state index contributed by atoms with van der Waals surface area (Å²) in [5, 5.41) is 0. The van der Waals surface area contributed by atoms with E-state index in [1.807, 2.05) is 0 Å². The standard InChI is InChI=1S/C31H45FN2O/c1-5-22-16-24-12-14-35-29(24)19-27(22)18-26-17-25(9-7-8-13-33)30-28(11-10-20(26)3)21(4)15-23(6-2)31(32)34-30/h16,19-20,23,26H,5-15,17-18,33H2,1-4H3. The zero-order valence-electron chi connectivity index (χ0n) is 22.4. The van der Waals surface area contributed by atoms with E-state index in [4.69, 9.17) is 15.5 Å². The van der Waals surface area contributed by atoms with Gasteiger partial charge in [-0.1, -0.05) is 32.4 Å². The molecule has 0 amide bonds. The molecule has 3 aliphatic rings. The third-order valence-electron chi connectivity index (χ3n) is 8.71. The summed E-state index contributed by atoms with van der Waals surface area (Å²) in [5.74, 6) is 1.95. The number of rotatable bonds is 8. The predicted octanol–water partition coefficient (Wildman–Crippen LogP) is 7.66. The summed E-state index contributed by atoms with van der Waals surface area (Å²) < 4.78 is 21.2. The molecule has 2 heterocycles. The number of unbranched alkanes of at least 4 members (excludes halogenated alkanes) is 1. The van der Waals surface area contributed by atoms with Crippen LogP contribution in [0.15, 0.2) is 39.5 Å². The third-order valence-corrected chi connectivity index (χ3v) is 8.71. The SMILES string of the molecule is CCc1cc2c(cc1CC1CC(CCCCN)=C3N=C(F)C(CC)CC(C)=C3CCC1C)OCC2. The summed E-state index contributed by atoms with van der Waals surface area (Å²) in [5.41, 5.74) is 15.1. The number of fused-ring (bicyclic) bond motifs is 2. The molecular formula is C31H45FN2O. The van der Waals surface area contributed by atoms with Crippen LogP contribution in [0.4, 0.5) is 4.39 Å². The van der Waals surface area contributed by atoms with Crippen LogP contribution in [0.5, 0.6) is 5.75 Å². The van der Waals surface area contributed by atoms with Crippen LogP contribution in [0.2, 0.25) is 0 Å². The van der Waals surface area contributed by atoms with E-state index in [2.05, 4.69) is 39.8 Å². The number of aliphatic imine (C=N–C) groups is 1. The van der Waals surface area contributed by atoms with Gasteiger partial charge in [-0.15, -0.1) is 0 Å². The summed E-state index contributed by atoms with van der Waals surface area (Å²) in [7, 11) is 0. The second-order valence-electron chi connectivity index (χ2n) is 11.1. The lowest BCUT2D eigenvalue weighted by molar-refractivity contribution is 0.322. The van der Waals surface area contributed by atoms with Gasteiger partial charge in [0.2, 0.25) is 0 Å². The van der Waals surface area contributed by atoms with E-state index in [9.17, 15) is 0 Å². The monoisotopic (exact) mass is 480 g/mol. The molecule has 0 bridgehead atoms. The fraction of sp³-hybridized carbons (Fsp3) is 0.645. The van der Waals surface area contributed by atoms with Crippen molar-refractivity contribution in [1.82, 2.24) is 0 Å². The van der Waals surface area contributed by atoms with Gasteiger partial charge in [0.25, 0.3) is 0 Å². The zero-order chi connectivity index (χ0) is 24.9. The van der Waals surface area contributed by atoms with E-state index in [0.717, 1.165) is 88.7 Å². The molecule has 192 valence electrons. The van der Waals surface area contributed by atoms with Crippen molar-refractivity contribution in [3.05, 3.63) is 51.2 Å². The molecule has 0 saturated heterocycles. The number of ether oxygens (including phenoxy) is 1. The topological polar surface area (TPSA) is 47.6 Å². The Morgan fingerprint density at radius 3 is 2.69 bits per heavy atom. The summed E-state index contributed by atoms with van der Waals surface area (Å²) in [6.07, 6.45) is 10.9. The van der Waals surface area contributed by atoms with Crippen LogP contribution in [0.25, 0.3) is 0 Å². The van der Waals surface area contributed by atoms with E-state index >= 15 is 4.39 Å². The van der Waals surface area contributed by atoms with Crippen molar-refractivity contribution >= 4 is 5.97 Å². The van der Waals surface area contributed by atoms with Crippen LogP contribution >= 0.6 is 0 Å². The maximum absolute atomic E-state index is 15.3. The van der Waals surface area contributed by atoms with Gasteiger partial charge < -0.3 is 10.5 Å². The first-order valence-electron chi connectivity index (χ1n) is 14.1. The number of allylic oxidation sites excluding steroid dienone is 3. The van der Waals surface area contributed by atoms with Crippen molar-refractivity contribution < 1.29 is 9.13 Å². The van der Waals surface area contributed by atoms with Gasteiger partial charge in [-0.25, -0.2) is 4.99 Å². The van der Waals surface area contributed by atoms with Crippen molar-refractivity contribution in [1.29, 1.82) is 0 Å². The molecule has 1 aromatic rings. The highest BCUT2D eigenvalue weighted by Gasteiger charge is 2.30. The lowest BCUT2D eigenvalue weighted by Gasteiger charge is -2.31. The molecule has 2 aliphatic heterocycles. The van der Waals surface area contributed by atoms with Gasteiger partial charge in [-0.2, -0.15) is 4.39 Å². The quantitative estimate of drug-likeness (QED) is 0.388. The van der Waals surface area contributed by atoms with Gasteiger partial charge in [-0.3, -0.25) is 0 Å². The fourth-order valence-electron chi connectivity index (χ4n) is 6.30. The van der Waals surface area contributed by atoms with Crippen molar-refractivity contribution in [3.8, 4) is 5.75 Å². The minimum atomic E-state index is -0.164. The number of hydrogen-bond donors (Lipinski definition) is 1. The first-order chi connectivity index (χ1) is 16.9. The lowest BCUT2D eigenvalue weighted by Crippen LogP contribution is -2.20. The minimum absolute atomic E-state index is 0.0831. The molecule has 0 fully saturated rings. The summed E-state index contributed by atoms with van der Waals surface area (Å²) >= 11 is 0. The van der Waals surface area contributed by atoms with E-state index in [-0.39, 0.29) is 11.9 Å². The largest absolute Gasteiger partial charge is 0.493 e. The molecule has 3 nitrogen and oxygen atoms in total. The molecule has 3 atom stereocenters. The Balaban J connectivity index is 1.72. The second-order valence-corrected chi connectivity index (χ2v) is 11.1. The molecule has 0 saturated carbocycles. The average molecular weight is 481 g/mol. The maximum atomic E-state index is 15.3. The molecule has 0 radical (unpaired) electrons. The molecule has 3 unspecified atom stereocenters. The fourth-order valence-corrected chi connectivity index (χ4v) is 6.30. The van der Waals surface area contributed by atoms with E-state index in [1.165, 1.54) is 33.4 Å². The van der Waals surface area contributed by atoms with Crippen molar-refractivity contribution in [2.24, 2.45) is 28.5 Å². The van der Waals surface area contributed by atoms with Gasteiger partial charge in [-0.05, 0) is 123 Å². The first-order valence-corrected chi connectivity index (χ1v) is 14.1. The van der Waals surface area contributed by atoms with Gasteiger partial charge in [0.1, 0.15) is 5.75 Å². The average Bonchev–Trinajstić information content (AvgIpc) is 3.26. The summed E-state index contributed by atoms with van der Waals surface area (Å²) in [6.45, 7) is 10.5. The van der Waals surface area contributed by atoms with Crippen molar-refractivity contribution in [2.45, 2.75) is 98.3 Å². The highest BCUT2D eigenvalue weighted by Crippen LogP contribution is 2.42. The van der Waals surface area contributed by atoms with Crippen LogP contribution in [0.1, 0.15) is 95.8 Å². The summed E-state index contributed by atoms with van der Waals surface area (Å²) in [4.78, 5) is 4.73. The van der Waals surface area contributed by atoms with Crippen LogP contribution in [0, 0.1) is 17.8 Å². The summed E-state index contributed by atoms with van der Waals surface area (Å²) in [6, 6.07) is 4.70. The molecule has 35 heavy (non-hydrogen) atoms. The Morgan fingerprint density at radius 2 is 1.94 bits per heavy atom. The molecule has 1 aromatic carbocycles. The van der Waals surface area contributed by atoms with Gasteiger partial charge in [0.15, 0.2) is 5.97 Å². The number of hydrogen-bond acceptors (Lipinski definition) is 3. The predicted molar refractivity (Wildman–Crippen MR) is 145 cm³/mol. The molecule has 2 N–H and O–H groups in total. The number of nitrogens with two attached hydrogens (primary N) is 1. The smallest absolute Gasteiger partial charge is 0.192 e. The minimum Gasteiger partial charge on any atom is -0.493 e. The van der Waals surface area contributed by atoms with Gasteiger partial charge >= 0.3 is 0 Å². The normalized spacial score (nSPS) is 24.9.